The van der Waals surface area contributed by atoms with Crippen LogP contribution in [0.3, 0.4) is 0 Å². The molecule has 2 atom stereocenters. The number of nitrogens with one attached hydrogen (secondary N) is 2. The predicted octanol–water partition coefficient (Wildman–Crippen LogP) is 2.14. The van der Waals surface area contributed by atoms with Crippen LogP contribution >= 0.6 is 0 Å². The van der Waals surface area contributed by atoms with E-state index in [1.165, 1.54) is 11.7 Å². The van der Waals surface area contributed by atoms with Crippen LogP contribution in [-0.4, -0.2) is 46.5 Å². The monoisotopic (exact) mass is 492 g/mol. The van der Waals surface area contributed by atoms with E-state index in [0.29, 0.717) is 17.5 Å². The van der Waals surface area contributed by atoms with Crippen LogP contribution in [0.4, 0.5) is 0 Å². The van der Waals surface area contributed by atoms with E-state index in [1.54, 1.807) is 31.2 Å². The molecule has 3 rings (SSSR count). The summed E-state index contributed by atoms with van der Waals surface area (Å²) in [6.45, 7) is 5.18. The molecule has 0 aliphatic rings. The van der Waals surface area contributed by atoms with E-state index in [4.69, 9.17) is 4.74 Å². The molecule has 0 unspecified atom stereocenters. The molecular formula is C27H32N4O5. The molecule has 9 nitrogen and oxygen atoms in total. The zero-order chi connectivity index (χ0) is 26.2. The summed E-state index contributed by atoms with van der Waals surface area (Å²) in [5, 5.41) is 5.49. The van der Waals surface area contributed by atoms with E-state index in [9.17, 15) is 19.2 Å². The first-order valence-corrected chi connectivity index (χ1v) is 11.9. The average Bonchev–Trinajstić information content (AvgIpc) is 2.85. The van der Waals surface area contributed by atoms with Gasteiger partial charge in [-0.25, -0.2) is 9.78 Å². The number of ether oxygens (including phenoxy) is 1. The number of nitrogens with zero attached hydrogens (tertiary/aromatic N) is 2. The smallest absolute Gasteiger partial charge is 0.328 e. The van der Waals surface area contributed by atoms with Gasteiger partial charge in [0, 0.05) is 6.42 Å². The first kappa shape index (κ1) is 26.6. The lowest BCUT2D eigenvalue weighted by molar-refractivity contribution is -0.145. The number of para-hydroxylation sites is 2. The van der Waals surface area contributed by atoms with E-state index in [-0.39, 0.29) is 30.1 Å². The maximum absolute atomic E-state index is 13.3. The summed E-state index contributed by atoms with van der Waals surface area (Å²) >= 11 is 0. The first-order chi connectivity index (χ1) is 17.2. The second kappa shape index (κ2) is 12.1. The molecule has 1 aromatic heterocycles. The van der Waals surface area contributed by atoms with E-state index in [0.717, 1.165) is 5.56 Å². The molecule has 3 aromatic rings. The number of hydrogen-bond donors (Lipinski definition) is 2. The van der Waals surface area contributed by atoms with Gasteiger partial charge in [-0.3, -0.25) is 19.0 Å². The molecule has 9 heteroatoms. The van der Waals surface area contributed by atoms with Crippen molar-refractivity contribution < 1.29 is 19.1 Å². The number of aromatic nitrogens is 2. The topological polar surface area (TPSA) is 119 Å². The summed E-state index contributed by atoms with van der Waals surface area (Å²) in [7, 11) is 1.27. The molecule has 0 saturated carbocycles. The quantitative estimate of drug-likeness (QED) is 0.419. The Morgan fingerprint density at radius 3 is 2.31 bits per heavy atom. The summed E-state index contributed by atoms with van der Waals surface area (Å²) < 4.78 is 6.20. The number of methoxy groups -OCH3 is 1. The Labute approximate surface area is 209 Å². The fourth-order valence-corrected chi connectivity index (χ4v) is 4.02. The van der Waals surface area contributed by atoms with Gasteiger partial charge in [-0.15, -0.1) is 0 Å². The third kappa shape index (κ3) is 6.78. The van der Waals surface area contributed by atoms with Gasteiger partial charge in [0.2, 0.25) is 11.8 Å². The second-order valence-corrected chi connectivity index (χ2v) is 9.10. The molecule has 1 heterocycles. The summed E-state index contributed by atoms with van der Waals surface area (Å²) in [5.41, 5.74) is 1.84. The SMILES string of the molecule is COC(=O)[C@H](CC(C)C)NC(=O)[C@H](Cc1ccccc1)NC(=O)Cn1c(=O)c(C)nc2ccccc21. The van der Waals surface area contributed by atoms with Crippen LogP contribution in [-0.2, 0) is 32.1 Å². The molecule has 2 N–H and O–H groups in total. The Kier molecular flexibility index (Phi) is 8.94. The van der Waals surface area contributed by atoms with Crippen molar-refractivity contribution in [2.45, 2.75) is 52.2 Å². The number of benzene rings is 2. The highest BCUT2D eigenvalue weighted by Crippen LogP contribution is 2.11. The average molecular weight is 493 g/mol. The molecule has 0 spiro atoms. The summed E-state index contributed by atoms with van der Waals surface area (Å²) in [5.74, 6) is -1.44. The molecule has 0 aliphatic heterocycles. The van der Waals surface area contributed by atoms with Gasteiger partial charge < -0.3 is 15.4 Å². The van der Waals surface area contributed by atoms with Crippen molar-refractivity contribution in [3.8, 4) is 0 Å². The highest BCUT2D eigenvalue weighted by atomic mass is 16.5. The maximum atomic E-state index is 13.3. The minimum Gasteiger partial charge on any atom is -0.467 e. The molecule has 0 fully saturated rings. The van der Waals surface area contributed by atoms with Crippen LogP contribution in [0.15, 0.2) is 59.4 Å². The Balaban J connectivity index is 1.85. The molecule has 0 aliphatic carbocycles. The number of rotatable bonds is 10. The van der Waals surface area contributed by atoms with E-state index in [2.05, 4.69) is 15.6 Å². The summed E-state index contributed by atoms with van der Waals surface area (Å²) in [4.78, 5) is 55.7. The highest BCUT2D eigenvalue weighted by Gasteiger charge is 2.28. The van der Waals surface area contributed by atoms with Crippen LogP contribution in [0.5, 0.6) is 0 Å². The highest BCUT2D eigenvalue weighted by molar-refractivity contribution is 5.91. The molecule has 2 aromatic carbocycles. The van der Waals surface area contributed by atoms with Crippen LogP contribution < -0.4 is 16.2 Å². The fourth-order valence-electron chi connectivity index (χ4n) is 4.02. The van der Waals surface area contributed by atoms with Crippen molar-refractivity contribution in [3.05, 3.63) is 76.2 Å². The standard InChI is InChI=1S/C27H32N4O5/c1-17(2)14-22(27(35)36-4)30-25(33)21(15-19-10-6-5-7-11-19)29-24(32)16-31-23-13-9-8-12-20(23)28-18(3)26(31)34/h5-13,17,21-22H,14-16H2,1-4H3,(H,29,32)(H,30,33)/t21-,22-/m0/s1. The molecule has 0 saturated heterocycles. The van der Waals surface area contributed by atoms with Crippen LogP contribution in [0.1, 0.15) is 31.5 Å². The normalized spacial score (nSPS) is 12.7. The van der Waals surface area contributed by atoms with Crippen molar-refractivity contribution in [1.82, 2.24) is 20.2 Å². The van der Waals surface area contributed by atoms with Crippen LogP contribution in [0, 0.1) is 12.8 Å². The number of fused-ring (bicyclic) bond motifs is 1. The molecule has 0 bridgehead atoms. The van der Waals surface area contributed by atoms with Gasteiger partial charge in [0.1, 0.15) is 24.3 Å². The maximum Gasteiger partial charge on any atom is 0.328 e. The first-order valence-electron chi connectivity index (χ1n) is 11.9. The lowest BCUT2D eigenvalue weighted by Gasteiger charge is -2.23. The molecular weight excluding hydrogens is 460 g/mol. The van der Waals surface area contributed by atoms with Crippen LogP contribution in [0.2, 0.25) is 0 Å². The van der Waals surface area contributed by atoms with E-state index in [1.807, 2.05) is 44.2 Å². The second-order valence-electron chi connectivity index (χ2n) is 9.10. The number of carbonyl (C=O) groups excluding carboxylic acids is 3. The summed E-state index contributed by atoms with van der Waals surface area (Å²) in [6.07, 6.45) is 0.598. The van der Waals surface area contributed by atoms with Crippen molar-refractivity contribution >= 4 is 28.8 Å². The largest absolute Gasteiger partial charge is 0.467 e. The zero-order valence-corrected chi connectivity index (χ0v) is 21.0. The van der Waals surface area contributed by atoms with Crippen molar-refractivity contribution in [2.75, 3.05) is 7.11 Å². The zero-order valence-electron chi connectivity index (χ0n) is 21.0. The van der Waals surface area contributed by atoms with Crippen molar-refractivity contribution in [1.29, 1.82) is 0 Å². The number of aryl methyl sites for hydroxylation is 1. The third-order valence-electron chi connectivity index (χ3n) is 5.76. The van der Waals surface area contributed by atoms with Crippen molar-refractivity contribution in [3.63, 3.8) is 0 Å². The van der Waals surface area contributed by atoms with Gasteiger partial charge in [-0.2, -0.15) is 0 Å². The number of amides is 2. The van der Waals surface area contributed by atoms with Gasteiger partial charge in [0.05, 0.1) is 18.1 Å². The Morgan fingerprint density at radius 2 is 1.64 bits per heavy atom. The molecule has 0 radical (unpaired) electrons. The van der Waals surface area contributed by atoms with Gasteiger partial charge in [0.25, 0.3) is 5.56 Å². The Morgan fingerprint density at radius 1 is 0.972 bits per heavy atom. The lowest BCUT2D eigenvalue weighted by Crippen LogP contribution is -2.53. The number of hydrogen-bond acceptors (Lipinski definition) is 6. The Bertz CT molecular complexity index is 1290. The van der Waals surface area contributed by atoms with Gasteiger partial charge in [-0.05, 0) is 37.0 Å². The van der Waals surface area contributed by atoms with Crippen LogP contribution in [0.25, 0.3) is 11.0 Å². The third-order valence-corrected chi connectivity index (χ3v) is 5.76. The minimum absolute atomic E-state index is 0.131. The molecule has 2 amide bonds. The van der Waals surface area contributed by atoms with Crippen molar-refractivity contribution in [2.24, 2.45) is 5.92 Å². The fraction of sp³-hybridized carbons (Fsp3) is 0.370. The summed E-state index contributed by atoms with van der Waals surface area (Å²) in [6, 6.07) is 14.5. The number of carbonyl (C=O) groups is 3. The predicted molar refractivity (Wildman–Crippen MR) is 136 cm³/mol. The molecule has 190 valence electrons. The minimum atomic E-state index is -0.968. The van der Waals surface area contributed by atoms with Gasteiger partial charge in [-0.1, -0.05) is 56.3 Å². The number of esters is 1. The molecule has 36 heavy (non-hydrogen) atoms. The van der Waals surface area contributed by atoms with Gasteiger partial charge in [0.15, 0.2) is 0 Å². The van der Waals surface area contributed by atoms with E-state index >= 15 is 0 Å². The van der Waals surface area contributed by atoms with Gasteiger partial charge >= 0.3 is 5.97 Å². The lowest BCUT2D eigenvalue weighted by atomic mass is 10.0. The Hall–Kier alpha value is -4.01. The van der Waals surface area contributed by atoms with E-state index < -0.39 is 29.9 Å².